The molecule has 19 heavy (non-hydrogen) atoms. The Hall–Kier alpha value is -1.09. The Morgan fingerprint density at radius 3 is 2.47 bits per heavy atom. The van der Waals surface area contributed by atoms with Crippen LogP contribution in [0.25, 0.3) is 0 Å². The van der Waals surface area contributed by atoms with Gasteiger partial charge in [-0.2, -0.15) is 0 Å². The Labute approximate surface area is 122 Å². The first-order valence-electron chi connectivity index (χ1n) is 7.27. The molecule has 0 spiro atoms. The molecule has 0 aromatic heterocycles. The van der Waals surface area contributed by atoms with Gasteiger partial charge in [0.05, 0.1) is 6.61 Å². The molecule has 0 amide bonds. The molecule has 0 bridgehead atoms. The summed E-state index contributed by atoms with van der Waals surface area (Å²) in [5.74, 6) is 0. The molecule has 0 aliphatic carbocycles. The van der Waals surface area contributed by atoms with Crippen LogP contribution in [0.15, 0.2) is 30.3 Å². The number of ether oxygens (including phenoxy) is 1. The smallest absolute Gasteiger partial charge is 0.256 e. The van der Waals surface area contributed by atoms with Crippen molar-refractivity contribution >= 4 is 17.4 Å². The van der Waals surface area contributed by atoms with Crippen LogP contribution in [0.5, 0.6) is 0 Å². The van der Waals surface area contributed by atoms with Crippen LogP contribution >= 0.6 is 12.2 Å². The van der Waals surface area contributed by atoms with Crippen molar-refractivity contribution in [2.24, 2.45) is 0 Å². The van der Waals surface area contributed by atoms with Crippen LogP contribution in [0.4, 0.5) is 0 Å². The van der Waals surface area contributed by atoms with Gasteiger partial charge in [0.15, 0.2) is 0 Å². The van der Waals surface area contributed by atoms with Gasteiger partial charge in [0.25, 0.3) is 5.17 Å². The third-order valence-electron chi connectivity index (χ3n) is 3.01. The van der Waals surface area contributed by atoms with Crippen LogP contribution in [0.1, 0.15) is 51.0 Å². The van der Waals surface area contributed by atoms with Crippen LogP contribution in [0.2, 0.25) is 0 Å². The van der Waals surface area contributed by atoms with E-state index < -0.39 is 0 Å². The summed E-state index contributed by atoms with van der Waals surface area (Å²) < 4.78 is 5.49. The second-order valence-corrected chi connectivity index (χ2v) is 5.11. The Balaban J connectivity index is 1.96. The summed E-state index contributed by atoms with van der Waals surface area (Å²) in [6.45, 7) is 3.70. The third kappa shape index (κ3) is 8.60. The molecule has 2 nitrogen and oxygen atoms in total. The predicted octanol–water partition coefficient (Wildman–Crippen LogP) is 4.44. The summed E-state index contributed by atoms with van der Waals surface area (Å²) in [5.41, 5.74) is 1.22. The number of hydrogen-bond donors (Lipinski definition) is 1. The van der Waals surface area contributed by atoms with Crippen molar-refractivity contribution in [2.75, 3.05) is 6.61 Å². The van der Waals surface area contributed by atoms with E-state index in [9.17, 15) is 0 Å². The summed E-state index contributed by atoms with van der Waals surface area (Å²) in [6.07, 6.45) is 7.62. The fourth-order valence-corrected chi connectivity index (χ4v) is 2.02. The lowest BCUT2D eigenvalue weighted by Gasteiger charge is -2.09. The average molecular weight is 279 g/mol. The highest BCUT2D eigenvalue weighted by Gasteiger charge is 1.97. The van der Waals surface area contributed by atoms with Crippen molar-refractivity contribution in [3.05, 3.63) is 35.9 Å². The molecule has 0 saturated heterocycles. The largest absolute Gasteiger partial charge is 0.471 e. The van der Waals surface area contributed by atoms with Gasteiger partial charge < -0.3 is 10.1 Å². The topological polar surface area (TPSA) is 21.3 Å². The van der Waals surface area contributed by atoms with Crippen LogP contribution < -0.4 is 5.32 Å². The van der Waals surface area contributed by atoms with E-state index in [2.05, 4.69) is 24.4 Å². The highest BCUT2D eigenvalue weighted by atomic mass is 32.1. The highest BCUT2D eigenvalue weighted by Crippen LogP contribution is 2.05. The van der Waals surface area contributed by atoms with Crippen LogP contribution in [-0.2, 0) is 11.3 Å². The summed E-state index contributed by atoms with van der Waals surface area (Å²) in [4.78, 5) is 0. The maximum absolute atomic E-state index is 5.49. The van der Waals surface area contributed by atoms with E-state index in [1.807, 2.05) is 18.2 Å². The van der Waals surface area contributed by atoms with Crippen LogP contribution in [0.3, 0.4) is 0 Å². The third-order valence-corrected chi connectivity index (χ3v) is 3.27. The maximum Gasteiger partial charge on any atom is 0.256 e. The van der Waals surface area contributed by atoms with Gasteiger partial charge in [0.1, 0.15) is 0 Å². The Bertz CT molecular complexity index is 340. The fourth-order valence-electron chi connectivity index (χ4n) is 1.87. The van der Waals surface area contributed by atoms with Crippen LogP contribution in [0, 0.1) is 0 Å². The molecule has 3 heteroatoms. The normalized spacial score (nSPS) is 10.2. The molecule has 106 valence electrons. The van der Waals surface area contributed by atoms with Gasteiger partial charge in [-0.3, -0.25) is 0 Å². The molecule has 0 atom stereocenters. The lowest BCUT2D eigenvalue weighted by atomic mass is 10.1. The molecule has 0 saturated carbocycles. The van der Waals surface area contributed by atoms with Crippen molar-refractivity contribution in [2.45, 2.75) is 52.0 Å². The molecule has 0 aliphatic rings. The van der Waals surface area contributed by atoms with Gasteiger partial charge in [0.2, 0.25) is 0 Å². The van der Waals surface area contributed by atoms with Gasteiger partial charge in [-0.05, 0) is 24.2 Å². The minimum Gasteiger partial charge on any atom is -0.471 e. The quantitative estimate of drug-likeness (QED) is 0.533. The monoisotopic (exact) mass is 279 g/mol. The van der Waals surface area contributed by atoms with Crippen molar-refractivity contribution in [3.63, 3.8) is 0 Å². The molecular weight excluding hydrogens is 254 g/mol. The maximum atomic E-state index is 5.49. The predicted molar refractivity (Wildman–Crippen MR) is 85.2 cm³/mol. The molecule has 1 N–H and O–H groups in total. The Kier molecular flexibility index (Phi) is 9.07. The summed E-state index contributed by atoms with van der Waals surface area (Å²) >= 11 is 5.14. The number of nitrogens with one attached hydrogen (secondary N) is 1. The lowest BCUT2D eigenvalue weighted by molar-refractivity contribution is 0.286. The lowest BCUT2D eigenvalue weighted by Crippen LogP contribution is -2.23. The molecule has 0 heterocycles. The molecule has 1 aromatic carbocycles. The Morgan fingerprint density at radius 2 is 1.74 bits per heavy atom. The Morgan fingerprint density at radius 1 is 1.05 bits per heavy atom. The van der Waals surface area contributed by atoms with E-state index in [0.717, 1.165) is 19.6 Å². The first-order valence-corrected chi connectivity index (χ1v) is 7.68. The zero-order valence-electron chi connectivity index (χ0n) is 11.9. The first-order chi connectivity index (χ1) is 9.33. The molecule has 1 rings (SSSR count). The first kappa shape index (κ1) is 16.0. The van der Waals surface area contributed by atoms with E-state index >= 15 is 0 Å². The number of unbranched alkanes of at least 4 members (excludes halogenated alkanes) is 5. The minimum atomic E-state index is 0.511. The molecule has 0 radical (unpaired) electrons. The molecule has 1 aromatic rings. The SMILES string of the molecule is CCCCCCCCOC(=S)NCc1ccccc1. The number of rotatable bonds is 9. The van der Waals surface area contributed by atoms with Crippen molar-refractivity contribution in [1.82, 2.24) is 5.32 Å². The van der Waals surface area contributed by atoms with E-state index in [0.29, 0.717) is 5.17 Å². The standard InChI is InChI=1S/C16H25NOS/c1-2-3-4-5-6-10-13-18-16(19)17-14-15-11-8-7-9-12-15/h7-9,11-12H,2-6,10,13-14H2,1H3,(H,17,19). The second-order valence-electron chi connectivity index (χ2n) is 4.74. The summed E-state index contributed by atoms with van der Waals surface area (Å²) in [7, 11) is 0. The number of thiocarbonyl (C=S) groups is 1. The fraction of sp³-hybridized carbons (Fsp3) is 0.562. The van der Waals surface area contributed by atoms with Crippen LogP contribution in [-0.4, -0.2) is 11.8 Å². The van der Waals surface area contributed by atoms with Gasteiger partial charge in [0, 0.05) is 6.54 Å². The molecule has 0 aliphatic heterocycles. The van der Waals surface area contributed by atoms with Crippen molar-refractivity contribution < 1.29 is 4.74 Å². The van der Waals surface area contributed by atoms with E-state index in [-0.39, 0.29) is 0 Å². The summed E-state index contributed by atoms with van der Waals surface area (Å²) in [5, 5.41) is 3.63. The van der Waals surface area contributed by atoms with E-state index in [1.165, 1.54) is 37.7 Å². The van der Waals surface area contributed by atoms with Crippen molar-refractivity contribution in [1.29, 1.82) is 0 Å². The van der Waals surface area contributed by atoms with Gasteiger partial charge in [-0.1, -0.05) is 69.4 Å². The molecular formula is C16H25NOS. The van der Waals surface area contributed by atoms with E-state index in [4.69, 9.17) is 17.0 Å². The summed E-state index contributed by atoms with van der Waals surface area (Å²) in [6, 6.07) is 10.2. The van der Waals surface area contributed by atoms with Crippen molar-refractivity contribution in [3.8, 4) is 0 Å². The highest BCUT2D eigenvalue weighted by molar-refractivity contribution is 7.80. The zero-order valence-corrected chi connectivity index (χ0v) is 12.7. The average Bonchev–Trinajstić information content (AvgIpc) is 2.45. The minimum absolute atomic E-state index is 0.511. The number of benzene rings is 1. The van der Waals surface area contributed by atoms with Gasteiger partial charge >= 0.3 is 0 Å². The molecule has 0 unspecified atom stereocenters. The van der Waals surface area contributed by atoms with E-state index in [1.54, 1.807) is 0 Å². The second kappa shape index (κ2) is 10.8. The number of hydrogen-bond acceptors (Lipinski definition) is 2. The van der Waals surface area contributed by atoms with Gasteiger partial charge in [-0.15, -0.1) is 0 Å². The molecule has 0 fully saturated rings. The zero-order chi connectivity index (χ0) is 13.8. The van der Waals surface area contributed by atoms with Gasteiger partial charge in [-0.25, -0.2) is 0 Å².